The van der Waals surface area contributed by atoms with Crippen LogP contribution in [0.25, 0.3) is 0 Å². The summed E-state index contributed by atoms with van der Waals surface area (Å²) in [4.78, 5) is 14.1. The second kappa shape index (κ2) is 7.96. The molecule has 1 fully saturated rings. The Balaban J connectivity index is 1.67. The minimum atomic E-state index is -4.45. The Bertz CT molecular complexity index is 909. The third-order valence-electron chi connectivity index (χ3n) is 4.51. The van der Waals surface area contributed by atoms with Crippen molar-refractivity contribution in [3.63, 3.8) is 0 Å². The number of amides is 1. The molecule has 6 nitrogen and oxygen atoms in total. The number of furan rings is 1. The van der Waals surface area contributed by atoms with Crippen molar-refractivity contribution in [3.05, 3.63) is 54.0 Å². The van der Waals surface area contributed by atoms with Crippen LogP contribution >= 0.6 is 0 Å². The molecule has 1 amide bonds. The second-order valence-corrected chi connectivity index (χ2v) is 8.89. The van der Waals surface area contributed by atoms with Crippen molar-refractivity contribution in [1.82, 2.24) is 4.90 Å². The lowest BCUT2D eigenvalue weighted by Gasteiger charge is -2.26. The monoisotopic (exact) mass is 416 g/mol. The van der Waals surface area contributed by atoms with Gasteiger partial charge >= 0.3 is 6.18 Å². The van der Waals surface area contributed by atoms with Crippen LogP contribution in [0.1, 0.15) is 17.7 Å². The number of nitrogens with zero attached hydrogens (tertiary/aromatic N) is 1. The normalized spacial score (nSPS) is 19.1. The number of carbonyl (C=O) groups excluding carboxylic acids is 1. The zero-order valence-electron chi connectivity index (χ0n) is 14.8. The average Bonchev–Trinajstić information content (AvgIpc) is 3.23. The summed E-state index contributed by atoms with van der Waals surface area (Å²) < 4.78 is 66.7. The minimum Gasteiger partial charge on any atom is -0.468 e. The molecule has 28 heavy (non-hydrogen) atoms. The molecule has 0 bridgehead atoms. The molecular weight excluding hydrogens is 397 g/mol. The van der Waals surface area contributed by atoms with Crippen LogP contribution in [0.15, 0.2) is 47.1 Å². The Morgan fingerprint density at radius 3 is 2.46 bits per heavy atom. The highest BCUT2D eigenvalue weighted by atomic mass is 32.2. The molecule has 2 heterocycles. The van der Waals surface area contributed by atoms with Gasteiger partial charge in [-0.15, -0.1) is 0 Å². The number of hydrogen-bond donors (Lipinski definition) is 1. The first-order valence-electron chi connectivity index (χ1n) is 8.56. The SMILES string of the molecule is O=C(CN(Cc1ccco1)[C@@H]1CCS(=O)(=O)C1)Nc1ccc(C(F)(F)F)cc1. The number of hydrogen-bond acceptors (Lipinski definition) is 5. The fourth-order valence-corrected chi connectivity index (χ4v) is 4.87. The molecule has 0 saturated carbocycles. The molecule has 1 atom stereocenters. The smallest absolute Gasteiger partial charge is 0.416 e. The van der Waals surface area contributed by atoms with Crippen LogP contribution in [0.2, 0.25) is 0 Å². The number of rotatable bonds is 6. The van der Waals surface area contributed by atoms with Gasteiger partial charge in [-0.25, -0.2) is 8.42 Å². The first kappa shape index (κ1) is 20.4. The Hall–Kier alpha value is -2.33. The van der Waals surface area contributed by atoms with Gasteiger partial charge < -0.3 is 9.73 Å². The zero-order chi connectivity index (χ0) is 20.4. The van der Waals surface area contributed by atoms with Crippen LogP contribution in [0, 0.1) is 0 Å². The summed E-state index contributed by atoms with van der Waals surface area (Å²) in [5.41, 5.74) is -0.573. The second-order valence-electron chi connectivity index (χ2n) is 6.66. The van der Waals surface area contributed by atoms with E-state index >= 15 is 0 Å². The quantitative estimate of drug-likeness (QED) is 0.783. The Kier molecular flexibility index (Phi) is 5.80. The van der Waals surface area contributed by atoms with Gasteiger partial charge in [0.25, 0.3) is 0 Å². The lowest BCUT2D eigenvalue weighted by Crippen LogP contribution is -2.41. The van der Waals surface area contributed by atoms with E-state index in [9.17, 15) is 26.4 Å². The topological polar surface area (TPSA) is 79.6 Å². The first-order valence-corrected chi connectivity index (χ1v) is 10.4. The maximum absolute atomic E-state index is 12.6. The molecule has 0 aliphatic carbocycles. The van der Waals surface area contributed by atoms with Crippen molar-refractivity contribution < 1.29 is 30.8 Å². The van der Waals surface area contributed by atoms with Gasteiger partial charge in [0.2, 0.25) is 5.91 Å². The molecule has 1 saturated heterocycles. The number of carbonyl (C=O) groups is 1. The molecule has 1 aliphatic heterocycles. The van der Waals surface area contributed by atoms with Crippen molar-refractivity contribution in [2.45, 2.75) is 25.2 Å². The van der Waals surface area contributed by atoms with Gasteiger partial charge in [-0.1, -0.05) is 0 Å². The fraction of sp³-hybridized carbons (Fsp3) is 0.389. The van der Waals surface area contributed by atoms with Gasteiger partial charge in [0.15, 0.2) is 9.84 Å². The molecule has 1 aliphatic rings. The molecule has 152 valence electrons. The van der Waals surface area contributed by atoms with E-state index in [-0.39, 0.29) is 36.3 Å². The highest BCUT2D eigenvalue weighted by Gasteiger charge is 2.33. The van der Waals surface area contributed by atoms with Gasteiger partial charge in [0.1, 0.15) is 5.76 Å². The summed E-state index contributed by atoms with van der Waals surface area (Å²) in [6.45, 7) is 0.148. The predicted molar refractivity (Wildman–Crippen MR) is 96.3 cm³/mol. The van der Waals surface area contributed by atoms with Crippen LogP contribution in [0.3, 0.4) is 0 Å². The summed E-state index contributed by atoms with van der Waals surface area (Å²) in [5.74, 6) is 0.163. The summed E-state index contributed by atoms with van der Waals surface area (Å²) in [6.07, 6.45) is -2.55. The Labute approximate surface area is 160 Å². The lowest BCUT2D eigenvalue weighted by atomic mass is 10.2. The summed E-state index contributed by atoms with van der Waals surface area (Å²) in [5, 5.41) is 2.55. The standard InChI is InChI=1S/C18H19F3N2O4S/c19-18(20,21)13-3-5-14(6-4-13)22-17(24)11-23(10-16-2-1-8-27-16)15-7-9-28(25,26)12-15/h1-6,8,15H,7,9-12H2,(H,22,24)/t15-/m1/s1. The van der Waals surface area contributed by atoms with Crippen LogP contribution in [-0.2, 0) is 27.4 Å². The van der Waals surface area contributed by atoms with E-state index in [1.54, 1.807) is 17.0 Å². The lowest BCUT2D eigenvalue weighted by molar-refractivity contribution is -0.137. The molecule has 10 heteroatoms. The van der Waals surface area contributed by atoms with Crippen molar-refractivity contribution in [2.24, 2.45) is 0 Å². The molecule has 1 aromatic heterocycles. The fourth-order valence-electron chi connectivity index (χ4n) is 3.11. The molecule has 0 spiro atoms. The maximum atomic E-state index is 12.6. The van der Waals surface area contributed by atoms with E-state index in [1.807, 2.05) is 0 Å². The van der Waals surface area contributed by atoms with E-state index in [1.165, 1.54) is 18.4 Å². The summed E-state index contributed by atoms with van der Waals surface area (Å²) in [6, 6.07) is 7.23. The van der Waals surface area contributed by atoms with E-state index in [2.05, 4.69) is 5.32 Å². The summed E-state index contributed by atoms with van der Waals surface area (Å²) >= 11 is 0. The highest BCUT2D eigenvalue weighted by Crippen LogP contribution is 2.29. The van der Waals surface area contributed by atoms with Crippen LogP contribution in [0.4, 0.5) is 18.9 Å². The van der Waals surface area contributed by atoms with Crippen molar-refractivity contribution in [3.8, 4) is 0 Å². The number of nitrogens with one attached hydrogen (secondary N) is 1. The average molecular weight is 416 g/mol. The van der Waals surface area contributed by atoms with Gasteiger partial charge in [0, 0.05) is 11.7 Å². The van der Waals surface area contributed by atoms with Crippen LogP contribution in [-0.4, -0.2) is 43.3 Å². The molecule has 0 unspecified atom stereocenters. The van der Waals surface area contributed by atoms with Crippen molar-refractivity contribution in [1.29, 1.82) is 0 Å². The summed E-state index contributed by atoms with van der Waals surface area (Å²) in [7, 11) is -3.14. The third kappa shape index (κ3) is 5.35. The van der Waals surface area contributed by atoms with Crippen molar-refractivity contribution in [2.75, 3.05) is 23.4 Å². The Morgan fingerprint density at radius 2 is 1.93 bits per heavy atom. The highest BCUT2D eigenvalue weighted by molar-refractivity contribution is 7.91. The minimum absolute atomic E-state index is 0.0404. The molecular formula is C18H19F3N2O4S. The van der Waals surface area contributed by atoms with Gasteiger partial charge in [0.05, 0.1) is 36.4 Å². The van der Waals surface area contributed by atoms with Crippen LogP contribution < -0.4 is 5.32 Å². The molecule has 1 aromatic carbocycles. The van der Waals surface area contributed by atoms with E-state index in [4.69, 9.17) is 4.42 Å². The number of sulfone groups is 1. The zero-order valence-corrected chi connectivity index (χ0v) is 15.6. The number of benzene rings is 1. The Morgan fingerprint density at radius 1 is 1.21 bits per heavy atom. The van der Waals surface area contributed by atoms with Gasteiger partial charge in [-0.3, -0.25) is 9.69 Å². The number of alkyl halides is 3. The van der Waals surface area contributed by atoms with E-state index in [0.29, 0.717) is 12.2 Å². The number of halogens is 3. The van der Waals surface area contributed by atoms with E-state index in [0.717, 1.165) is 12.1 Å². The van der Waals surface area contributed by atoms with Gasteiger partial charge in [-0.05, 0) is 42.8 Å². The molecule has 3 rings (SSSR count). The van der Waals surface area contributed by atoms with E-state index < -0.39 is 27.5 Å². The van der Waals surface area contributed by atoms with Crippen LogP contribution in [0.5, 0.6) is 0 Å². The molecule has 1 N–H and O–H groups in total. The van der Waals surface area contributed by atoms with Gasteiger partial charge in [-0.2, -0.15) is 13.2 Å². The van der Waals surface area contributed by atoms with Crippen molar-refractivity contribution >= 4 is 21.4 Å². The maximum Gasteiger partial charge on any atom is 0.416 e. The largest absolute Gasteiger partial charge is 0.468 e. The molecule has 0 radical (unpaired) electrons. The molecule has 2 aromatic rings. The predicted octanol–water partition coefficient (Wildman–Crippen LogP) is 2.93. The third-order valence-corrected chi connectivity index (χ3v) is 6.26. The first-order chi connectivity index (χ1) is 13.1. The number of anilines is 1.